The first-order valence-corrected chi connectivity index (χ1v) is 6.10. The third kappa shape index (κ3) is 2.65. The highest BCUT2D eigenvalue weighted by Crippen LogP contribution is 2.26. The van der Waals surface area contributed by atoms with Crippen molar-refractivity contribution in [3.63, 3.8) is 0 Å². The summed E-state index contributed by atoms with van der Waals surface area (Å²) in [5, 5.41) is 13.3. The standard InChI is InChI=1S/C14H15FN2O2/c1-3-6-17-8-12(9(2)16-17)11-7-10(14(18)19)4-5-13(11)15/h4-5,7-8H,3,6H2,1-2H3,(H,18,19). The molecule has 0 atom stereocenters. The first kappa shape index (κ1) is 13.3. The molecule has 0 aliphatic carbocycles. The topological polar surface area (TPSA) is 55.1 Å². The molecule has 0 aliphatic rings. The van der Waals surface area contributed by atoms with Crippen molar-refractivity contribution in [2.24, 2.45) is 0 Å². The number of hydrogen-bond acceptors (Lipinski definition) is 2. The molecule has 19 heavy (non-hydrogen) atoms. The summed E-state index contributed by atoms with van der Waals surface area (Å²) in [7, 11) is 0. The van der Waals surface area contributed by atoms with E-state index in [0.29, 0.717) is 11.3 Å². The molecular weight excluding hydrogens is 247 g/mol. The molecule has 2 aromatic rings. The SMILES string of the molecule is CCCn1cc(-c2cc(C(=O)O)ccc2F)c(C)n1. The van der Waals surface area contributed by atoms with Gasteiger partial charge in [-0.1, -0.05) is 6.92 Å². The van der Waals surface area contributed by atoms with E-state index >= 15 is 0 Å². The highest BCUT2D eigenvalue weighted by Gasteiger charge is 2.14. The third-order valence-electron chi connectivity index (χ3n) is 2.90. The van der Waals surface area contributed by atoms with Gasteiger partial charge in [0.1, 0.15) is 5.82 Å². The average molecular weight is 262 g/mol. The van der Waals surface area contributed by atoms with Crippen molar-refractivity contribution < 1.29 is 14.3 Å². The van der Waals surface area contributed by atoms with Gasteiger partial charge in [-0.05, 0) is 31.5 Å². The van der Waals surface area contributed by atoms with Crippen LogP contribution in [0.2, 0.25) is 0 Å². The first-order valence-electron chi connectivity index (χ1n) is 6.10. The Morgan fingerprint density at radius 1 is 1.42 bits per heavy atom. The minimum atomic E-state index is -1.07. The minimum Gasteiger partial charge on any atom is -0.478 e. The number of carboxylic acids is 1. The molecule has 4 nitrogen and oxygen atoms in total. The highest BCUT2D eigenvalue weighted by atomic mass is 19.1. The van der Waals surface area contributed by atoms with E-state index in [2.05, 4.69) is 5.10 Å². The number of rotatable bonds is 4. The predicted octanol–water partition coefficient (Wildman–Crippen LogP) is 3.11. The fourth-order valence-corrected chi connectivity index (χ4v) is 1.99. The molecule has 0 fully saturated rings. The lowest BCUT2D eigenvalue weighted by Crippen LogP contribution is -1.97. The van der Waals surface area contributed by atoms with Crippen molar-refractivity contribution in [3.05, 3.63) is 41.5 Å². The second-order valence-electron chi connectivity index (χ2n) is 4.39. The molecule has 0 saturated carbocycles. The molecule has 0 saturated heterocycles. The van der Waals surface area contributed by atoms with Crippen molar-refractivity contribution in [2.75, 3.05) is 0 Å². The molecule has 0 aliphatic heterocycles. The van der Waals surface area contributed by atoms with Gasteiger partial charge in [0, 0.05) is 23.9 Å². The monoisotopic (exact) mass is 262 g/mol. The van der Waals surface area contributed by atoms with Crippen LogP contribution in [0.3, 0.4) is 0 Å². The quantitative estimate of drug-likeness (QED) is 0.921. The average Bonchev–Trinajstić information content (AvgIpc) is 2.71. The number of hydrogen-bond donors (Lipinski definition) is 1. The summed E-state index contributed by atoms with van der Waals surface area (Å²) >= 11 is 0. The molecule has 0 unspecified atom stereocenters. The van der Waals surface area contributed by atoms with Gasteiger partial charge in [-0.3, -0.25) is 4.68 Å². The molecule has 100 valence electrons. The summed E-state index contributed by atoms with van der Waals surface area (Å²) in [4.78, 5) is 10.9. The van der Waals surface area contributed by atoms with Gasteiger partial charge in [0.15, 0.2) is 0 Å². The Morgan fingerprint density at radius 2 is 2.16 bits per heavy atom. The van der Waals surface area contributed by atoms with Crippen LogP contribution >= 0.6 is 0 Å². The van der Waals surface area contributed by atoms with Crippen LogP contribution in [0.1, 0.15) is 29.4 Å². The normalized spacial score (nSPS) is 10.7. The summed E-state index contributed by atoms with van der Waals surface area (Å²) in [6.45, 7) is 4.57. The molecule has 0 spiro atoms. The molecule has 5 heteroatoms. The predicted molar refractivity (Wildman–Crippen MR) is 69.6 cm³/mol. The molecule has 1 heterocycles. The largest absolute Gasteiger partial charge is 0.478 e. The number of benzene rings is 1. The zero-order chi connectivity index (χ0) is 14.0. The third-order valence-corrected chi connectivity index (χ3v) is 2.90. The van der Waals surface area contributed by atoms with Gasteiger partial charge in [-0.2, -0.15) is 5.10 Å². The lowest BCUT2D eigenvalue weighted by atomic mass is 10.0. The molecule has 1 aromatic heterocycles. The summed E-state index contributed by atoms with van der Waals surface area (Å²) in [6, 6.07) is 3.78. The Bertz CT molecular complexity index is 620. The van der Waals surface area contributed by atoms with Crippen LogP contribution in [0.5, 0.6) is 0 Å². The van der Waals surface area contributed by atoms with Crippen molar-refractivity contribution in [2.45, 2.75) is 26.8 Å². The van der Waals surface area contributed by atoms with Gasteiger partial charge >= 0.3 is 5.97 Å². The zero-order valence-corrected chi connectivity index (χ0v) is 10.9. The van der Waals surface area contributed by atoms with Crippen LogP contribution in [-0.2, 0) is 6.54 Å². The van der Waals surface area contributed by atoms with Crippen molar-refractivity contribution >= 4 is 5.97 Å². The van der Waals surface area contributed by atoms with Crippen molar-refractivity contribution in [1.29, 1.82) is 0 Å². The maximum atomic E-state index is 13.9. The van der Waals surface area contributed by atoms with Crippen molar-refractivity contribution in [3.8, 4) is 11.1 Å². The molecule has 0 amide bonds. The molecule has 2 rings (SSSR count). The second kappa shape index (κ2) is 5.22. The molecule has 1 N–H and O–H groups in total. The van der Waals surface area contributed by atoms with E-state index in [1.165, 1.54) is 18.2 Å². The molecule has 0 bridgehead atoms. The fourth-order valence-electron chi connectivity index (χ4n) is 1.99. The summed E-state index contributed by atoms with van der Waals surface area (Å²) in [6.07, 6.45) is 2.68. The van der Waals surface area contributed by atoms with Crippen molar-refractivity contribution in [1.82, 2.24) is 9.78 Å². The molecule has 0 radical (unpaired) electrons. The number of aryl methyl sites for hydroxylation is 2. The Morgan fingerprint density at radius 3 is 2.79 bits per heavy atom. The smallest absolute Gasteiger partial charge is 0.335 e. The highest BCUT2D eigenvalue weighted by molar-refractivity contribution is 5.89. The Kier molecular flexibility index (Phi) is 3.64. The zero-order valence-electron chi connectivity index (χ0n) is 10.9. The van der Waals surface area contributed by atoms with Gasteiger partial charge in [-0.15, -0.1) is 0 Å². The molecular formula is C14H15FN2O2. The first-order chi connectivity index (χ1) is 9.02. The van der Waals surface area contributed by atoms with E-state index in [0.717, 1.165) is 13.0 Å². The van der Waals surface area contributed by atoms with Gasteiger partial charge in [0.05, 0.1) is 11.3 Å². The van der Waals surface area contributed by atoms with Gasteiger partial charge in [0.25, 0.3) is 0 Å². The van der Waals surface area contributed by atoms with Crippen LogP contribution in [0.4, 0.5) is 4.39 Å². The minimum absolute atomic E-state index is 0.0686. The van der Waals surface area contributed by atoms with E-state index in [-0.39, 0.29) is 11.1 Å². The second-order valence-corrected chi connectivity index (χ2v) is 4.39. The Hall–Kier alpha value is -2.17. The number of carbonyl (C=O) groups is 1. The van der Waals surface area contributed by atoms with Gasteiger partial charge in [-0.25, -0.2) is 9.18 Å². The summed E-state index contributed by atoms with van der Waals surface area (Å²) in [5.41, 5.74) is 1.67. The van der Waals surface area contributed by atoms with E-state index < -0.39 is 11.8 Å². The van der Waals surface area contributed by atoms with Crippen LogP contribution < -0.4 is 0 Å². The lowest BCUT2D eigenvalue weighted by Gasteiger charge is -2.03. The van der Waals surface area contributed by atoms with E-state index in [9.17, 15) is 9.18 Å². The number of nitrogens with zero attached hydrogens (tertiary/aromatic N) is 2. The van der Waals surface area contributed by atoms with Crippen LogP contribution in [0.25, 0.3) is 11.1 Å². The number of aromatic nitrogens is 2. The number of carboxylic acid groups (broad SMARTS) is 1. The number of aromatic carboxylic acids is 1. The fraction of sp³-hybridized carbons (Fsp3) is 0.286. The summed E-state index contributed by atoms with van der Waals surface area (Å²) in [5.74, 6) is -1.51. The van der Waals surface area contributed by atoms with E-state index in [1.807, 2.05) is 6.92 Å². The van der Waals surface area contributed by atoms with Gasteiger partial charge < -0.3 is 5.11 Å². The maximum absolute atomic E-state index is 13.9. The number of halogens is 1. The van der Waals surface area contributed by atoms with Crippen LogP contribution in [-0.4, -0.2) is 20.9 Å². The summed E-state index contributed by atoms with van der Waals surface area (Å²) < 4.78 is 15.6. The Balaban J connectivity index is 2.51. The van der Waals surface area contributed by atoms with Crippen LogP contribution in [0, 0.1) is 12.7 Å². The Labute approximate surface area is 110 Å². The van der Waals surface area contributed by atoms with Gasteiger partial charge in [0.2, 0.25) is 0 Å². The lowest BCUT2D eigenvalue weighted by molar-refractivity contribution is 0.0697. The van der Waals surface area contributed by atoms with Crippen LogP contribution in [0.15, 0.2) is 24.4 Å². The maximum Gasteiger partial charge on any atom is 0.335 e. The molecule has 1 aromatic carbocycles. The van der Waals surface area contributed by atoms with E-state index in [4.69, 9.17) is 5.11 Å². The van der Waals surface area contributed by atoms with E-state index in [1.54, 1.807) is 17.8 Å².